The van der Waals surface area contributed by atoms with Crippen molar-refractivity contribution in [2.45, 2.75) is 32.2 Å². The molecular formula is C13H24N4. The molecule has 2 rings (SSSR count). The van der Waals surface area contributed by atoms with Gasteiger partial charge in [-0.05, 0) is 50.9 Å². The maximum absolute atomic E-state index is 5.95. The monoisotopic (exact) mass is 236 g/mol. The first-order chi connectivity index (χ1) is 8.27. The van der Waals surface area contributed by atoms with E-state index in [2.05, 4.69) is 23.0 Å². The van der Waals surface area contributed by atoms with E-state index in [1.54, 1.807) is 0 Å². The van der Waals surface area contributed by atoms with Gasteiger partial charge in [0.1, 0.15) is 0 Å². The molecule has 0 aromatic carbocycles. The molecule has 2 N–H and O–H groups in total. The van der Waals surface area contributed by atoms with Crippen molar-refractivity contribution in [3.05, 3.63) is 18.0 Å². The van der Waals surface area contributed by atoms with Gasteiger partial charge in [0.05, 0.1) is 11.7 Å². The number of piperidine rings is 1. The molecule has 0 bridgehead atoms. The van der Waals surface area contributed by atoms with Gasteiger partial charge >= 0.3 is 0 Å². The van der Waals surface area contributed by atoms with E-state index in [1.807, 2.05) is 17.9 Å². The van der Waals surface area contributed by atoms with Gasteiger partial charge in [-0.3, -0.25) is 9.58 Å². The molecular weight excluding hydrogens is 212 g/mol. The second-order valence-electron chi connectivity index (χ2n) is 5.00. The number of hydrogen-bond acceptors (Lipinski definition) is 3. The Balaban J connectivity index is 2.25. The first kappa shape index (κ1) is 12.6. The molecule has 2 atom stereocenters. The molecule has 1 aromatic rings. The van der Waals surface area contributed by atoms with Crippen molar-refractivity contribution in [3.8, 4) is 0 Å². The molecule has 1 aliphatic rings. The average molecular weight is 236 g/mol. The third-order valence-corrected chi connectivity index (χ3v) is 3.84. The number of aryl methyl sites for hydroxylation is 1. The van der Waals surface area contributed by atoms with Crippen molar-refractivity contribution in [2.75, 3.05) is 19.6 Å². The Labute approximate surface area is 104 Å². The van der Waals surface area contributed by atoms with Gasteiger partial charge in [0, 0.05) is 13.2 Å². The summed E-state index contributed by atoms with van der Waals surface area (Å²) in [4.78, 5) is 2.58. The molecule has 0 radical (unpaired) electrons. The van der Waals surface area contributed by atoms with Crippen molar-refractivity contribution in [1.29, 1.82) is 0 Å². The molecule has 4 heteroatoms. The molecule has 1 aliphatic heterocycles. The lowest BCUT2D eigenvalue weighted by atomic mass is 9.87. The predicted molar refractivity (Wildman–Crippen MR) is 69.6 cm³/mol. The fourth-order valence-electron chi connectivity index (χ4n) is 3.04. The molecule has 0 amide bonds. The average Bonchev–Trinajstić information content (AvgIpc) is 2.75. The largest absolute Gasteiger partial charge is 0.330 e. The van der Waals surface area contributed by atoms with Gasteiger partial charge in [-0.15, -0.1) is 0 Å². The molecule has 2 unspecified atom stereocenters. The van der Waals surface area contributed by atoms with Crippen LogP contribution in [0.1, 0.15) is 37.9 Å². The second-order valence-corrected chi connectivity index (χ2v) is 5.00. The molecule has 0 aliphatic carbocycles. The van der Waals surface area contributed by atoms with E-state index in [-0.39, 0.29) is 0 Å². The predicted octanol–water partition coefficient (Wildman–Crippen LogP) is 1.54. The standard InChI is InChI=1S/C13H24N4/c1-3-8-17-9-4-5-11(10-14)13(17)12-6-7-15-16(12)2/h6-7,11,13H,3-5,8-10,14H2,1-2H3. The Kier molecular flexibility index (Phi) is 4.18. The third-order valence-electron chi connectivity index (χ3n) is 3.84. The van der Waals surface area contributed by atoms with E-state index in [0.717, 1.165) is 13.1 Å². The first-order valence-corrected chi connectivity index (χ1v) is 6.70. The summed E-state index contributed by atoms with van der Waals surface area (Å²) in [7, 11) is 2.03. The summed E-state index contributed by atoms with van der Waals surface area (Å²) in [5.41, 5.74) is 7.27. The van der Waals surface area contributed by atoms with Gasteiger partial charge in [-0.25, -0.2) is 0 Å². The number of nitrogens with zero attached hydrogens (tertiary/aromatic N) is 3. The second kappa shape index (κ2) is 5.65. The molecule has 96 valence electrons. The van der Waals surface area contributed by atoms with Crippen LogP contribution in [0.2, 0.25) is 0 Å². The summed E-state index contributed by atoms with van der Waals surface area (Å²) < 4.78 is 2.00. The van der Waals surface area contributed by atoms with Crippen LogP contribution in [0.3, 0.4) is 0 Å². The van der Waals surface area contributed by atoms with Gasteiger partial charge < -0.3 is 5.73 Å². The van der Waals surface area contributed by atoms with Gasteiger partial charge in [-0.2, -0.15) is 5.10 Å². The lowest BCUT2D eigenvalue weighted by molar-refractivity contribution is 0.0901. The molecule has 2 heterocycles. The minimum atomic E-state index is 0.459. The fraction of sp³-hybridized carbons (Fsp3) is 0.769. The number of nitrogens with two attached hydrogens (primary N) is 1. The Bertz CT molecular complexity index is 345. The molecule has 17 heavy (non-hydrogen) atoms. The zero-order valence-electron chi connectivity index (χ0n) is 11.0. The van der Waals surface area contributed by atoms with Crippen LogP contribution in [0.15, 0.2) is 12.3 Å². The van der Waals surface area contributed by atoms with E-state index in [0.29, 0.717) is 12.0 Å². The quantitative estimate of drug-likeness (QED) is 0.862. The van der Waals surface area contributed by atoms with Crippen LogP contribution >= 0.6 is 0 Å². The SMILES string of the molecule is CCCN1CCCC(CN)C1c1ccnn1C. The van der Waals surface area contributed by atoms with Crippen molar-refractivity contribution in [2.24, 2.45) is 18.7 Å². The molecule has 4 nitrogen and oxygen atoms in total. The smallest absolute Gasteiger partial charge is 0.0557 e. The number of likely N-dealkylation sites (tertiary alicyclic amines) is 1. The minimum absolute atomic E-state index is 0.459. The molecule has 1 saturated heterocycles. The number of rotatable bonds is 4. The topological polar surface area (TPSA) is 47.1 Å². The van der Waals surface area contributed by atoms with Crippen LogP contribution in [0.25, 0.3) is 0 Å². The third kappa shape index (κ3) is 2.53. The Morgan fingerprint density at radius 1 is 1.53 bits per heavy atom. The zero-order chi connectivity index (χ0) is 12.3. The maximum atomic E-state index is 5.95. The Morgan fingerprint density at radius 3 is 2.94 bits per heavy atom. The van der Waals surface area contributed by atoms with E-state index in [4.69, 9.17) is 5.73 Å². The summed E-state index contributed by atoms with van der Waals surface area (Å²) >= 11 is 0. The summed E-state index contributed by atoms with van der Waals surface area (Å²) in [5.74, 6) is 0.575. The normalized spacial score (nSPS) is 26.3. The van der Waals surface area contributed by atoms with Crippen LogP contribution in [0.4, 0.5) is 0 Å². The van der Waals surface area contributed by atoms with Gasteiger partial charge in [0.25, 0.3) is 0 Å². The Morgan fingerprint density at radius 2 is 2.35 bits per heavy atom. The molecule has 1 aromatic heterocycles. The highest BCUT2D eigenvalue weighted by atomic mass is 15.3. The van der Waals surface area contributed by atoms with Crippen molar-refractivity contribution >= 4 is 0 Å². The van der Waals surface area contributed by atoms with E-state index >= 15 is 0 Å². The summed E-state index contributed by atoms with van der Waals surface area (Å²) in [6.45, 7) is 5.37. The highest BCUT2D eigenvalue weighted by molar-refractivity contribution is 5.10. The van der Waals surface area contributed by atoms with Gasteiger partial charge in [0.2, 0.25) is 0 Å². The summed E-state index contributed by atoms with van der Waals surface area (Å²) in [6.07, 6.45) is 5.61. The van der Waals surface area contributed by atoms with Crippen LogP contribution in [-0.2, 0) is 7.05 Å². The maximum Gasteiger partial charge on any atom is 0.0557 e. The highest BCUT2D eigenvalue weighted by Crippen LogP contribution is 2.35. The number of aromatic nitrogens is 2. The van der Waals surface area contributed by atoms with E-state index < -0.39 is 0 Å². The van der Waals surface area contributed by atoms with Crippen LogP contribution in [0.5, 0.6) is 0 Å². The van der Waals surface area contributed by atoms with Gasteiger partial charge in [-0.1, -0.05) is 6.92 Å². The number of hydrogen-bond donors (Lipinski definition) is 1. The van der Waals surface area contributed by atoms with Crippen molar-refractivity contribution in [3.63, 3.8) is 0 Å². The fourth-order valence-corrected chi connectivity index (χ4v) is 3.04. The lowest BCUT2D eigenvalue weighted by Gasteiger charge is -2.41. The highest BCUT2D eigenvalue weighted by Gasteiger charge is 2.32. The van der Waals surface area contributed by atoms with Gasteiger partial charge in [0.15, 0.2) is 0 Å². The van der Waals surface area contributed by atoms with Crippen LogP contribution in [-0.4, -0.2) is 34.3 Å². The van der Waals surface area contributed by atoms with Crippen LogP contribution in [0, 0.1) is 5.92 Å². The zero-order valence-corrected chi connectivity index (χ0v) is 11.0. The van der Waals surface area contributed by atoms with Crippen molar-refractivity contribution < 1.29 is 0 Å². The molecule has 0 spiro atoms. The van der Waals surface area contributed by atoms with Crippen LogP contribution < -0.4 is 5.73 Å². The minimum Gasteiger partial charge on any atom is -0.330 e. The van der Waals surface area contributed by atoms with E-state index in [1.165, 1.54) is 31.5 Å². The Hall–Kier alpha value is -0.870. The summed E-state index contributed by atoms with van der Waals surface area (Å²) in [5, 5.41) is 4.30. The van der Waals surface area contributed by atoms with E-state index in [9.17, 15) is 0 Å². The molecule has 0 saturated carbocycles. The first-order valence-electron chi connectivity index (χ1n) is 6.70. The lowest BCUT2D eigenvalue weighted by Crippen LogP contribution is -2.42. The van der Waals surface area contributed by atoms with Crippen molar-refractivity contribution in [1.82, 2.24) is 14.7 Å². The molecule has 1 fully saturated rings. The summed E-state index contributed by atoms with van der Waals surface area (Å²) in [6, 6.07) is 2.60.